The third-order valence-electron chi connectivity index (χ3n) is 6.39. The van der Waals surface area contributed by atoms with E-state index >= 15 is 0 Å². The molecule has 2 amide bonds. The van der Waals surface area contributed by atoms with Gasteiger partial charge in [0.25, 0.3) is 5.91 Å². The van der Waals surface area contributed by atoms with E-state index in [1.165, 1.54) is 38.6 Å². The first kappa shape index (κ1) is 25.1. The second-order valence-corrected chi connectivity index (χ2v) is 9.93. The zero-order chi connectivity index (χ0) is 26.9. The van der Waals surface area contributed by atoms with Gasteiger partial charge in [-0.3, -0.25) is 19.6 Å². The van der Waals surface area contributed by atoms with Gasteiger partial charge in [-0.25, -0.2) is 14.4 Å². The highest BCUT2D eigenvalue weighted by atomic mass is 19.1. The van der Waals surface area contributed by atoms with Gasteiger partial charge in [0.1, 0.15) is 17.8 Å². The first-order valence-electron chi connectivity index (χ1n) is 12.3. The minimum atomic E-state index is -1.61. The number of rotatable bonds is 7. The topological polar surface area (TPSA) is 110 Å². The second kappa shape index (κ2) is 10.1. The summed E-state index contributed by atoms with van der Waals surface area (Å²) in [5, 5.41) is 5.72. The van der Waals surface area contributed by atoms with Crippen LogP contribution in [-0.2, 0) is 10.5 Å². The van der Waals surface area contributed by atoms with Crippen LogP contribution in [-0.4, -0.2) is 31.8 Å². The second-order valence-electron chi connectivity index (χ2n) is 9.93. The van der Waals surface area contributed by atoms with Crippen molar-refractivity contribution >= 4 is 23.3 Å². The van der Waals surface area contributed by atoms with E-state index in [4.69, 9.17) is 0 Å². The highest BCUT2D eigenvalue weighted by Gasteiger charge is 2.29. The maximum absolute atomic E-state index is 14.3. The van der Waals surface area contributed by atoms with Gasteiger partial charge in [0.2, 0.25) is 5.91 Å². The highest BCUT2D eigenvalue weighted by Crippen LogP contribution is 2.32. The molecule has 0 spiro atoms. The lowest BCUT2D eigenvalue weighted by molar-refractivity contribution is -0.117. The number of nitrogens with one attached hydrogen (secondary N) is 2. The summed E-state index contributed by atoms with van der Waals surface area (Å²) in [5.74, 6) is 0.122. The van der Waals surface area contributed by atoms with Gasteiger partial charge in [-0.1, -0.05) is 6.07 Å². The lowest BCUT2D eigenvalue weighted by atomic mass is 9.99. The molecule has 1 saturated carbocycles. The summed E-state index contributed by atoms with van der Waals surface area (Å²) in [6.45, 7) is 4.82. The Morgan fingerprint density at radius 1 is 0.921 bits per heavy atom. The first-order chi connectivity index (χ1) is 18.2. The van der Waals surface area contributed by atoms with Gasteiger partial charge >= 0.3 is 0 Å². The Labute approximate surface area is 219 Å². The lowest BCUT2D eigenvalue weighted by Gasteiger charge is -2.15. The van der Waals surface area contributed by atoms with Crippen LogP contribution in [0.1, 0.15) is 48.2 Å². The van der Waals surface area contributed by atoms with Crippen LogP contribution >= 0.6 is 0 Å². The number of carbonyl (C=O) groups excluding carboxylic acids is 2. The molecule has 192 valence electrons. The number of carbonyl (C=O) groups is 2. The van der Waals surface area contributed by atoms with Crippen LogP contribution in [0.5, 0.6) is 0 Å². The molecule has 1 aliphatic carbocycles. The van der Waals surface area contributed by atoms with Gasteiger partial charge in [-0.05, 0) is 69.0 Å². The van der Waals surface area contributed by atoms with Crippen molar-refractivity contribution < 1.29 is 14.0 Å². The quantitative estimate of drug-likeness (QED) is 0.329. The molecular formula is C29H27FN6O2. The Kier molecular flexibility index (Phi) is 6.67. The van der Waals surface area contributed by atoms with E-state index < -0.39 is 5.67 Å². The van der Waals surface area contributed by atoms with Crippen molar-refractivity contribution in [2.75, 3.05) is 10.6 Å². The van der Waals surface area contributed by atoms with Crippen LogP contribution in [0.4, 0.5) is 15.9 Å². The van der Waals surface area contributed by atoms with Gasteiger partial charge in [-0.2, -0.15) is 0 Å². The molecule has 1 aliphatic rings. The zero-order valence-electron chi connectivity index (χ0n) is 21.3. The Balaban J connectivity index is 1.38. The molecular weight excluding hydrogens is 483 g/mol. The van der Waals surface area contributed by atoms with Crippen LogP contribution in [0.2, 0.25) is 0 Å². The first-order valence-corrected chi connectivity index (χ1v) is 12.3. The molecule has 5 rings (SSSR count). The van der Waals surface area contributed by atoms with Gasteiger partial charge in [0, 0.05) is 59.1 Å². The van der Waals surface area contributed by atoms with Crippen LogP contribution in [0, 0.1) is 12.8 Å². The van der Waals surface area contributed by atoms with Crippen molar-refractivity contribution in [3.8, 4) is 22.4 Å². The molecule has 1 fully saturated rings. The normalized spacial score (nSPS) is 13.2. The summed E-state index contributed by atoms with van der Waals surface area (Å²) in [4.78, 5) is 42.0. The molecule has 2 N–H and O–H groups in total. The van der Waals surface area contributed by atoms with Crippen molar-refractivity contribution in [1.82, 2.24) is 19.9 Å². The molecule has 0 radical (unpaired) electrons. The zero-order valence-corrected chi connectivity index (χ0v) is 21.3. The van der Waals surface area contributed by atoms with Crippen LogP contribution in [0.15, 0.2) is 67.5 Å². The minimum Gasteiger partial charge on any atom is -0.322 e. The summed E-state index contributed by atoms with van der Waals surface area (Å²) in [6, 6.07) is 10.8. The Hall–Kier alpha value is -4.53. The summed E-state index contributed by atoms with van der Waals surface area (Å²) in [6.07, 6.45) is 9.51. The Morgan fingerprint density at radius 2 is 1.68 bits per heavy atom. The Morgan fingerprint density at radius 3 is 2.45 bits per heavy atom. The minimum absolute atomic E-state index is 0.0214. The molecule has 3 aromatic heterocycles. The van der Waals surface area contributed by atoms with Crippen molar-refractivity contribution in [3.05, 3.63) is 84.2 Å². The van der Waals surface area contributed by atoms with Crippen molar-refractivity contribution in [3.63, 3.8) is 0 Å². The number of amides is 2. The molecule has 8 nitrogen and oxygen atoms in total. The standard InChI is InChI=1S/C29H27FN6O2/c1-17-4-7-23(35-28(38)21-9-22(15-32-14-21)29(2,3)30)10-24(17)19-8-20(13-31-12-19)25-11-26(34-16-33-25)36-27(37)18-5-6-18/h4,7-16,18H,5-6H2,1-3H3,(H,35,38)(H,33,34,36,37). The van der Waals surface area contributed by atoms with Crippen LogP contribution < -0.4 is 10.6 Å². The van der Waals surface area contributed by atoms with Crippen LogP contribution in [0.3, 0.4) is 0 Å². The fourth-order valence-corrected chi connectivity index (χ4v) is 3.99. The molecule has 4 aromatic rings. The molecule has 9 heteroatoms. The van der Waals surface area contributed by atoms with E-state index in [9.17, 15) is 14.0 Å². The van der Waals surface area contributed by atoms with Crippen molar-refractivity contribution in [2.24, 2.45) is 5.92 Å². The largest absolute Gasteiger partial charge is 0.322 e. The smallest absolute Gasteiger partial charge is 0.257 e. The summed E-state index contributed by atoms with van der Waals surface area (Å²) in [5.41, 5.74) is 3.67. The van der Waals surface area contributed by atoms with Gasteiger partial charge in [0.15, 0.2) is 0 Å². The predicted octanol–water partition coefficient (Wildman–Crippen LogP) is 5.71. The van der Waals surface area contributed by atoms with Crippen molar-refractivity contribution in [1.29, 1.82) is 0 Å². The molecule has 3 heterocycles. The highest BCUT2D eigenvalue weighted by molar-refractivity contribution is 6.04. The number of halogens is 1. The average Bonchev–Trinajstić information content (AvgIpc) is 3.75. The Bertz CT molecular complexity index is 1530. The summed E-state index contributed by atoms with van der Waals surface area (Å²) in [7, 11) is 0. The number of aromatic nitrogens is 4. The number of alkyl halides is 1. The number of hydrogen-bond donors (Lipinski definition) is 2. The molecule has 0 unspecified atom stereocenters. The molecule has 0 aliphatic heterocycles. The molecule has 0 saturated heterocycles. The maximum atomic E-state index is 14.3. The summed E-state index contributed by atoms with van der Waals surface area (Å²) < 4.78 is 14.3. The lowest BCUT2D eigenvalue weighted by Crippen LogP contribution is -2.15. The van der Waals surface area contributed by atoms with E-state index in [2.05, 4.69) is 30.6 Å². The van der Waals surface area contributed by atoms with Crippen LogP contribution in [0.25, 0.3) is 22.4 Å². The predicted molar refractivity (Wildman–Crippen MR) is 143 cm³/mol. The molecule has 0 bridgehead atoms. The molecule has 0 atom stereocenters. The summed E-state index contributed by atoms with van der Waals surface area (Å²) >= 11 is 0. The monoisotopic (exact) mass is 510 g/mol. The number of aryl methyl sites for hydroxylation is 1. The van der Waals surface area contributed by atoms with E-state index in [1.807, 2.05) is 31.2 Å². The van der Waals surface area contributed by atoms with Gasteiger partial charge < -0.3 is 10.6 Å². The number of pyridine rings is 2. The average molecular weight is 511 g/mol. The van der Waals surface area contributed by atoms with E-state index in [1.54, 1.807) is 18.5 Å². The molecule has 1 aromatic carbocycles. The van der Waals surface area contributed by atoms with Gasteiger partial charge in [0.05, 0.1) is 11.3 Å². The molecule has 38 heavy (non-hydrogen) atoms. The van der Waals surface area contributed by atoms with E-state index in [0.717, 1.165) is 35.1 Å². The maximum Gasteiger partial charge on any atom is 0.257 e. The third-order valence-corrected chi connectivity index (χ3v) is 6.39. The fourth-order valence-electron chi connectivity index (χ4n) is 3.99. The van der Waals surface area contributed by atoms with Crippen molar-refractivity contribution in [2.45, 2.75) is 39.3 Å². The fraction of sp³-hybridized carbons (Fsp3) is 0.241. The SMILES string of the molecule is Cc1ccc(NC(=O)c2cncc(C(C)(C)F)c2)cc1-c1cncc(-c2cc(NC(=O)C3CC3)ncn2)c1. The number of benzene rings is 1. The number of nitrogens with zero attached hydrogens (tertiary/aromatic N) is 4. The number of hydrogen-bond acceptors (Lipinski definition) is 6. The van der Waals surface area contributed by atoms with Gasteiger partial charge in [-0.15, -0.1) is 0 Å². The number of anilines is 2. The van der Waals surface area contributed by atoms with E-state index in [0.29, 0.717) is 22.8 Å². The third kappa shape index (κ3) is 5.72. The van der Waals surface area contributed by atoms with E-state index in [-0.39, 0.29) is 23.3 Å².